The highest BCUT2D eigenvalue weighted by Gasteiger charge is 2.64. The Labute approximate surface area is 191 Å². The summed E-state index contributed by atoms with van der Waals surface area (Å²) in [5.41, 5.74) is 4.77. The lowest BCUT2D eigenvalue weighted by atomic mass is 9.62. The number of ether oxygens (including phenoxy) is 3. The lowest BCUT2D eigenvalue weighted by molar-refractivity contribution is -0.145. The molecule has 0 radical (unpaired) electrons. The van der Waals surface area contributed by atoms with Crippen LogP contribution in [0.15, 0.2) is 47.0 Å². The van der Waals surface area contributed by atoms with Crippen LogP contribution in [0.2, 0.25) is 0 Å². The number of fused-ring (bicyclic) bond motifs is 3. The number of hydrogen-bond acceptors (Lipinski definition) is 9. The number of allylic oxidation sites excluding steroid dienone is 1. The van der Waals surface area contributed by atoms with Crippen molar-refractivity contribution in [3.8, 4) is 0 Å². The lowest BCUT2D eigenvalue weighted by Gasteiger charge is -2.41. The molecule has 2 heterocycles. The van der Waals surface area contributed by atoms with Crippen LogP contribution in [-0.4, -0.2) is 44.0 Å². The maximum atomic E-state index is 13.6. The van der Waals surface area contributed by atoms with E-state index in [1.807, 2.05) is 13.8 Å². The quantitative estimate of drug-likeness (QED) is 0.536. The molecule has 9 nitrogen and oxygen atoms in total. The van der Waals surface area contributed by atoms with Crippen molar-refractivity contribution in [1.82, 2.24) is 0 Å². The number of carbonyl (C=O) groups is 4. The first kappa shape index (κ1) is 22.6. The van der Waals surface area contributed by atoms with Gasteiger partial charge in [0.2, 0.25) is 0 Å². The number of benzene rings is 1. The summed E-state index contributed by atoms with van der Waals surface area (Å²) in [4.78, 5) is 53.9. The fourth-order valence-electron chi connectivity index (χ4n) is 5.02. The molecule has 0 unspecified atom stereocenters. The molecule has 0 saturated heterocycles. The predicted octanol–water partition coefficient (Wildman–Crippen LogP) is 1.85. The molecule has 0 aromatic heterocycles. The Morgan fingerprint density at radius 3 is 2.55 bits per heavy atom. The van der Waals surface area contributed by atoms with E-state index in [0.717, 1.165) is 7.11 Å². The number of nitrogens with zero attached hydrogens (tertiary/aromatic N) is 1. The molecule has 1 aromatic rings. The second-order valence-corrected chi connectivity index (χ2v) is 9.04. The average molecular weight is 454 g/mol. The standard InChI is InChI=1S/C24H26N2O7/c1-5-32-17(28)12-26-14-9-7-6-8-13(14)24(19(20(26)25)21(29)31-4)18-15(27)10-23(2,3)11-16(18)33-22(24)30/h6-9H,5,10-12,25H2,1-4H3/t24-/m1/s1. The van der Waals surface area contributed by atoms with Crippen molar-refractivity contribution >= 4 is 29.4 Å². The summed E-state index contributed by atoms with van der Waals surface area (Å²) >= 11 is 0. The molecule has 4 rings (SSSR count). The van der Waals surface area contributed by atoms with Crippen molar-refractivity contribution in [2.24, 2.45) is 11.1 Å². The number of hydrogen-bond donors (Lipinski definition) is 1. The fraction of sp³-hybridized carbons (Fsp3) is 0.417. The summed E-state index contributed by atoms with van der Waals surface area (Å²) in [6.45, 7) is 5.37. The van der Waals surface area contributed by atoms with Gasteiger partial charge in [-0.3, -0.25) is 9.59 Å². The molecule has 174 valence electrons. The van der Waals surface area contributed by atoms with Crippen LogP contribution in [0.1, 0.15) is 39.2 Å². The molecule has 33 heavy (non-hydrogen) atoms. The van der Waals surface area contributed by atoms with Crippen LogP contribution >= 0.6 is 0 Å². The average Bonchev–Trinajstić information content (AvgIpc) is 3.02. The van der Waals surface area contributed by atoms with E-state index >= 15 is 0 Å². The molecular formula is C24H26N2O7. The summed E-state index contributed by atoms with van der Waals surface area (Å²) in [6, 6.07) is 6.69. The highest BCUT2D eigenvalue weighted by molar-refractivity contribution is 6.18. The molecule has 2 aliphatic heterocycles. The van der Waals surface area contributed by atoms with Gasteiger partial charge in [0.05, 0.1) is 19.3 Å². The van der Waals surface area contributed by atoms with Crippen molar-refractivity contribution in [2.45, 2.75) is 39.0 Å². The van der Waals surface area contributed by atoms with E-state index in [1.54, 1.807) is 31.2 Å². The third-order valence-electron chi connectivity index (χ3n) is 6.24. The van der Waals surface area contributed by atoms with Crippen molar-refractivity contribution < 1.29 is 33.4 Å². The number of nitrogens with two attached hydrogens (primary N) is 1. The van der Waals surface area contributed by atoms with Gasteiger partial charge in [-0.25, -0.2) is 9.59 Å². The summed E-state index contributed by atoms with van der Waals surface area (Å²) in [5.74, 6) is -2.47. The van der Waals surface area contributed by atoms with Crippen LogP contribution in [0.5, 0.6) is 0 Å². The molecule has 9 heteroatoms. The molecule has 1 atom stereocenters. The maximum absolute atomic E-state index is 13.6. The largest absolute Gasteiger partial charge is 0.466 e. The SMILES string of the molecule is CCOC(=O)CN1C(N)=C(C(=O)OC)[C@@]2(C(=O)OC3=C2C(=O)CC(C)(C)C3)c2ccccc21. The summed E-state index contributed by atoms with van der Waals surface area (Å²) in [6.07, 6.45) is 0.526. The number of ketones is 1. The van der Waals surface area contributed by atoms with E-state index in [-0.39, 0.29) is 48.1 Å². The molecule has 1 aliphatic carbocycles. The monoisotopic (exact) mass is 454 g/mol. The van der Waals surface area contributed by atoms with Gasteiger partial charge in [0.25, 0.3) is 0 Å². The molecule has 1 spiro atoms. The molecule has 0 bridgehead atoms. The smallest absolute Gasteiger partial charge is 0.339 e. The van der Waals surface area contributed by atoms with Gasteiger partial charge < -0.3 is 24.8 Å². The zero-order valence-electron chi connectivity index (χ0n) is 19.0. The Hall–Kier alpha value is -3.62. The molecule has 0 amide bonds. The highest BCUT2D eigenvalue weighted by Crippen LogP contribution is 2.57. The van der Waals surface area contributed by atoms with Gasteiger partial charge in [-0.1, -0.05) is 32.0 Å². The number of rotatable bonds is 4. The number of anilines is 1. The van der Waals surface area contributed by atoms with E-state index in [2.05, 4.69) is 0 Å². The van der Waals surface area contributed by atoms with Crippen LogP contribution in [0.25, 0.3) is 0 Å². The molecule has 0 saturated carbocycles. The number of Topliss-reactive ketones (excluding diaryl/α,β-unsaturated/α-hetero) is 1. The number of para-hydroxylation sites is 1. The Morgan fingerprint density at radius 2 is 1.88 bits per heavy atom. The van der Waals surface area contributed by atoms with Gasteiger partial charge in [-0.2, -0.15) is 0 Å². The topological polar surface area (TPSA) is 125 Å². The van der Waals surface area contributed by atoms with Crippen molar-refractivity contribution in [2.75, 3.05) is 25.2 Å². The van der Waals surface area contributed by atoms with Crippen LogP contribution in [-0.2, 0) is 38.8 Å². The Morgan fingerprint density at radius 1 is 1.18 bits per heavy atom. The second kappa shape index (κ2) is 7.75. The van der Waals surface area contributed by atoms with E-state index in [0.29, 0.717) is 17.7 Å². The van der Waals surface area contributed by atoms with Crippen LogP contribution < -0.4 is 10.6 Å². The molecule has 3 aliphatic rings. The lowest BCUT2D eigenvalue weighted by Crippen LogP contribution is -2.51. The summed E-state index contributed by atoms with van der Waals surface area (Å²) < 4.78 is 15.7. The maximum Gasteiger partial charge on any atom is 0.339 e. The van der Waals surface area contributed by atoms with Gasteiger partial charge in [0.1, 0.15) is 23.7 Å². The number of esters is 3. The first-order chi connectivity index (χ1) is 15.6. The normalized spacial score (nSPS) is 23.3. The van der Waals surface area contributed by atoms with E-state index in [1.165, 1.54) is 4.90 Å². The van der Waals surface area contributed by atoms with E-state index < -0.39 is 28.7 Å². The van der Waals surface area contributed by atoms with Gasteiger partial charge in [-0.15, -0.1) is 0 Å². The van der Waals surface area contributed by atoms with E-state index in [9.17, 15) is 19.2 Å². The minimum absolute atomic E-state index is 0.110. The summed E-state index contributed by atoms with van der Waals surface area (Å²) in [7, 11) is 1.16. The number of methoxy groups -OCH3 is 1. The predicted molar refractivity (Wildman–Crippen MR) is 116 cm³/mol. The van der Waals surface area contributed by atoms with Gasteiger partial charge in [-0.05, 0) is 18.4 Å². The molecule has 1 aromatic carbocycles. The van der Waals surface area contributed by atoms with Gasteiger partial charge in [0, 0.05) is 24.1 Å². The highest BCUT2D eigenvalue weighted by atomic mass is 16.5. The van der Waals surface area contributed by atoms with Crippen LogP contribution in [0.3, 0.4) is 0 Å². The van der Waals surface area contributed by atoms with Gasteiger partial charge >= 0.3 is 17.9 Å². The minimum atomic E-state index is -1.87. The molecule has 0 fully saturated rings. The third kappa shape index (κ3) is 3.21. The first-order valence-corrected chi connectivity index (χ1v) is 10.7. The van der Waals surface area contributed by atoms with Gasteiger partial charge in [0.15, 0.2) is 11.2 Å². The Balaban J connectivity index is 2.04. The van der Waals surface area contributed by atoms with Crippen LogP contribution in [0, 0.1) is 5.41 Å². The zero-order valence-corrected chi connectivity index (χ0v) is 19.0. The van der Waals surface area contributed by atoms with Crippen molar-refractivity contribution in [1.29, 1.82) is 0 Å². The fourth-order valence-corrected chi connectivity index (χ4v) is 5.02. The van der Waals surface area contributed by atoms with Crippen molar-refractivity contribution in [3.05, 3.63) is 52.6 Å². The third-order valence-corrected chi connectivity index (χ3v) is 6.24. The minimum Gasteiger partial charge on any atom is -0.466 e. The zero-order chi connectivity index (χ0) is 24.1. The Bertz CT molecular complexity index is 1150. The van der Waals surface area contributed by atoms with E-state index in [4.69, 9.17) is 19.9 Å². The summed E-state index contributed by atoms with van der Waals surface area (Å²) in [5, 5.41) is 0. The van der Waals surface area contributed by atoms with Crippen LogP contribution in [0.4, 0.5) is 5.69 Å². The molecular weight excluding hydrogens is 428 g/mol. The first-order valence-electron chi connectivity index (χ1n) is 10.7. The Kier molecular flexibility index (Phi) is 5.30. The van der Waals surface area contributed by atoms with Crippen molar-refractivity contribution in [3.63, 3.8) is 0 Å². The second-order valence-electron chi connectivity index (χ2n) is 9.04. The number of carbonyl (C=O) groups excluding carboxylic acids is 4. The molecule has 2 N–H and O–H groups in total.